The largest absolute Gasteiger partial charge is 0.394 e. The standard InChI is InChI=1S/C8H10N4O2/c9-1-6-2-10-5-11-8(6)12-7(3-13)4-14/h2,5,7,13-14H,3-4H2,(H,10,11,12). The fraction of sp³-hybridized carbons (Fsp3) is 0.375. The molecule has 1 aromatic rings. The average Bonchev–Trinajstić information content (AvgIpc) is 2.26. The molecule has 0 radical (unpaired) electrons. The molecule has 0 spiro atoms. The van der Waals surface area contributed by atoms with Gasteiger partial charge < -0.3 is 15.5 Å². The maximum atomic E-state index is 8.80. The maximum Gasteiger partial charge on any atom is 0.147 e. The number of nitrogens with zero attached hydrogens (tertiary/aromatic N) is 3. The van der Waals surface area contributed by atoms with Gasteiger partial charge in [-0.05, 0) is 0 Å². The molecule has 0 aliphatic heterocycles. The van der Waals surface area contributed by atoms with Crippen molar-refractivity contribution in [3.8, 4) is 6.07 Å². The fourth-order valence-corrected chi connectivity index (χ4v) is 0.869. The summed E-state index contributed by atoms with van der Waals surface area (Å²) in [5.74, 6) is 0.315. The molecule has 3 N–H and O–H groups in total. The van der Waals surface area contributed by atoms with Crippen LogP contribution in [0.1, 0.15) is 5.56 Å². The van der Waals surface area contributed by atoms with Crippen LogP contribution < -0.4 is 5.32 Å². The first-order valence-corrected chi connectivity index (χ1v) is 4.00. The molecular weight excluding hydrogens is 184 g/mol. The predicted molar refractivity (Wildman–Crippen MR) is 48.3 cm³/mol. The minimum absolute atomic E-state index is 0.231. The summed E-state index contributed by atoms with van der Waals surface area (Å²) in [5, 5.41) is 29.0. The summed E-state index contributed by atoms with van der Waals surface area (Å²) < 4.78 is 0. The van der Waals surface area contributed by atoms with Crippen molar-refractivity contribution in [1.82, 2.24) is 9.97 Å². The van der Waals surface area contributed by atoms with Gasteiger partial charge in [0.05, 0.1) is 25.5 Å². The van der Waals surface area contributed by atoms with Gasteiger partial charge in [-0.25, -0.2) is 9.97 Å². The van der Waals surface area contributed by atoms with E-state index in [9.17, 15) is 0 Å². The number of aliphatic hydroxyl groups is 2. The van der Waals surface area contributed by atoms with E-state index in [0.717, 1.165) is 0 Å². The molecule has 0 aromatic carbocycles. The molecule has 14 heavy (non-hydrogen) atoms. The second-order valence-electron chi connectivity index (χ2n) is 2.60. The second kappa shape index (κ2) is 5.11. The van der Waals surface area contributed by atoms with Crippen molar-refractivity contribution in [3.63, 3.8) is 0 Å². The monoisotopic (exact) mass is 194 g/mol. The molecule has 1 aromatic heterocycles. The summed E-state index contributed by atoms with van der Waals surface area (Å²) in [6, 6.07) is 1.38. The van der Waals surface area contributed by atoms with Gasteiger partial charge in [0.25, 0.3) is 0 Å². The van der Waals surface area contributed by atoms with E-state index in [2.05, 4.69) is 15.3 Å². The summed E-state index contributed by atoms with van der Waals surface area (Å²) in [4.78, 5) is 7.49. The first-order chi connectivity index (χ1) is 6.81. The Hall–Kier alpha value is -1.71. The van der Waals surface area contributed by atoms with E-state index in [1.807, 2.05) is 6.07 Å². The van der Waals surface area contributed by atoms with Gasteiger partial charge in [0.15, 0.2) is 0 Å². The summed E-state index contributed by atoms with van der Waals surface area (Å²) in [7, 11) is 0. The Kier molecular flexibility index (Phi) is 3.79. The van der Waals surface area contributed by atoms with Gasteiger partial charge in [0.2, 0.25) is 0 Å². The van der Waals surface area contributed by atoms with Crippen LogP contribution >= 0.6 is 0 Å². The van der Waals surface area contributed by atoms with Crippen LogP contribution in [0.4, 0.5) is 5.82 Å². The van der Waals surface area contributed by atoms with E-state index in [1.54, 1.807) is 0 Å². The first-order valence-electron chi connectivity index (χ1n) is 4.00. The molecule has 0 bridgehead atoms. The number of nitrogens with one attached hydrogen (secondary N) is 1. The Morgan fingerprint density at radius 2 is 2.21 bits per heavy atom. The smallest absolute Gasteiger partial charge is 0.147 e. The summed E-state index contributed by atoms with van der Waals surface area (Å²) in [5.41, 5.74) is 0.277. The van der Waals surface area contributed by atoms with E-state index in [1.165, 1.54) is 12.5 Å². The van der Waals surface area contributed by atoms with Crippen LogP contribution in [0, 0.1) is 11.3 Å². The van der Waals surface area contributed by atoms with Crippen molar-refractivity contribution in [2.24, 2.45) is 0 Å². The van der Waals surface area contributed by atoms with Crippen molar-refractivity contribution in [2.75, 3.05) is 18.5 Å². The van der Waals surface area contributed by atoms with Gasteiger partial charge in [0, 0.05) is 0 Å². The highest BCUT2D eigenvalue weighted by Crippen LogP contribution is 2.09. The average molecular weight is 194 g/mol. The molecule has 74 valence electrons. The first kappa shape index (κ1) is 10.4. The van der Waals surface area contributed by atoms with Gasteiger partial charge >= 0.3 is 0 Å². The third-order valence-electron chi connectivity index (χ3n) is 1.61. The Morgan fingerprint density at radius 3 is 2.79 bits per heavy atom. The number of anilines is 1. The lowest BCUT2D eigenvalue weighted by molar-refractivity contribution is 0.203. The van der Waals surface area contributed by atoms with E-state index >= 15 is 0 Å². The van der Waals surface area contributed by atoms with Gasteiger partial charge in [-0.1, -0.05) is 0 Å². The molecule has 6 heteroatoms. The molecular formula is C8H10N4O2. The van der Waals surface area contributed by atoms with Crippen molar-refractivity contribution in [3.05, 3.63) is 18.1 Å². The molecule has 1 rings (SSSR count). The lowest BCUT2D eigenvalue weighted by Crippen LogP contribution is -2.28. The summed E-state index contributed by atoms with van der Waals surface area (Å²) in [6.07, 6.45) is 2.65. The molecule has 0 fully saturated rings. The molecule has 0 unspecified atom stereocenters. The van der Waals surface area contributed by atoms with Crippen LogP contribution in [0.15, 0.2) is 12.5 Å². The Bertz CT molecular complexity index is 332. The van der Waals surface area contributed by atoms with Crippen LogP contribution in [-0.4, -0.2) is 39.4 Å². The third-order valence-corrected chi connectivity index (χ3v) is 1.61. The minimum atomic E-state index is -0.517. The molecule has 0 aliphatic rings. The highest BCUT2D eigenvalue weighted by atomic mass is 16.3. The number of aliphatic hydroxyl groups excluding tert-OH is 2. The van der Waals surface area contributed by atoms with Crippen LogP contribution in [-0.2, 0) is 0 Å². The number of nitriles is 1. The third kappa shape index (κ3) is 2.39. The lowest BCUT2D eigenvalue weighted by atomic mass is 10.3. The van der Waals surface area contributed by atoms with Crippen LogP contribution in [0.3, 0.4) is 0 Å². The zero-order valence-corrected chi connectivity index (χ0v) is 7.38. The van der Waals surface area contributed by atoms with Crippen molar-refractivity contribution in [1.29, 1.82) is 5.26 Å². The normalized spacial score (nSPS) is 9.86. The molecule has 0 amide bonds. The number of aromatic nitrogens is 2. The van der Waals surface area contributed by atoms with Gasteiger partial charge in [-0.15, -0.1) is 0 Å². The van der Waals surface area contributed by atoms with Crippen molar-refractivity contribution in [2.45, 2.75) is 6.04 Å². The molecule has 0 atom stereocenters. The number of hydrogen-bond donors (Lipinski definition) is 3. The van der Waals surface area contributed by atoms with E-state index in [0.29, 0.717) is 5.82 Å². The van der Waals surface area contributed by atoms with Crippen molar-refractivity contribution >= 4 is 5.82 Å². The SMILES string of the molecule is N#Cc1cncnc1NC(CO)CO. The summed E-state index contributed by atoms with van der Waals surface area (Å²) >= 11 is 0. The maximum absolute atomic E-state index is 8.80. The van der Waals surface area contributed by atoms with Crippen molar-refractivity contribution < 1.29 is 10.2 Å². The van der Waals surface area contributed by atoms with Gasteiger partial charge in [0.1, 0.15) is 23.8 Å². The highest BCUT2D eigenvalue weighted by Gasteiger charge is 2.09. The second-order valence-corrected chi connectivity index (χ2v) is 2.60. The van der Waals surface area contributed by atoms with Crippen LogP contribution in [0.5, 0.6) is 0 Å². The highest BCUT2D eigenvalue weighted by molar-refractivity contribution is 5.50. The summed E-state index contributed by atoms with van der Waals surface area (Å²) in [6.45, 7) is -0.462. The minimum Gasteiger partial charge on any atom is -0.394 e. The molecule has 6 nitrogen and oxygen atoms in total. The fourth-order valence-electron chi connectivity index (χ4n) is 0.869. The Labute approximate surface area is 80.9 Å². The van der Waals surface area contributed by atoms with Crippen LogP contribution in [0.25, 0.3) is 0 Å². The Morgan fingerprint density at radius 1 is 1.50 bits per heavy atom. The quantitative estimate of drug-likeness (QED) is 0.575. The lowest BCUT2D eigenvalue weighted by Gasteiger charge is -2.13. The van der Waals surface area contributed by atoms with E-state index in [4.69, 9.17) is 15.5 Å². The van der Waals surface area contributed by atoms with Gasteiger partial charge in [-0.3, -0.25) is 0 Å². The molecule has 0 saturated heterocycles. The number of hydrogen-bond acceptors (Lipinski definition) is 6. The van der Waals surface area contributed by atoms with Crippen LogP contribution in [0.2, 0.25) is 0 Å². The molecule has 0 aliphatic carbocycles. The molecule has 1 heterocycles. The Balaban J connectivity index is 2.80. The zero-order chi connectivity index (χ0) is 10.4. The van der Waals surface area contributed by atoms with E-state index < -0.39 is 6.04 Å². The van der Waals surface area contributed by atoms with E-state index in [-0.39, 0.29) is 18.8 Å². The number of rotatable bonds is 4. The molecule has 0 saturated carbocycles. The topological polar surface area (TPSA) is 102 Å². The predicted octanol–water partition coefficient (Wildman–Crippen LogP) is -0.887. The zero-order valence-electron chi connectivity index (χ0n) is 7.38. The van der Waals surface area contributed by atoms with Gasteiger partial charge in [-0.2, -0.15) is 5.26 Å².